The summed E-state index contributed by atoms with van der Waals surface area (Å²) in [5, 5.41) is 31.2. The molecule has 3 atom stereocenters. The summed E-state index contributed by atoms with van der Waals surface area (Å²) in [5.41, 5.74) is 0.595. The van der Waals surface area contributed by atoms with Crippen LogP contribution in [0.25, 0.3) is 0 Å². The number of aliphatic carboxylic acids is 3. The minimum atomic E-state index is -1.58. The number of ether oxygens (including phenoxy) is 1. The van der Waals surface area contributed by atoms with Crippen molar-refractivity contribution in [3.05, 3.63) is 42.0 Å². The number of unbranched alkanes of at least 4 members (excludes halogenated alkanes) is 8. The van der Waals surface area contributed by atoms with Crippen molar-refractivity contribution in [2.75, 3.05) is 6.61 Å². The Hall–Kier alpha value is -4.13. The number of carboxylic acids is 3. The smallest absolute Gasteiger partial charge is 0.326 e. The van der Waals surface area contributed by atoms with Gasteiger partial charge < -0.3 is 25.4 Å². The van der Waals surface area contributed by atoms with Crippen LogP contribution in [-0.4, -0.2) is 57.6 Å². The Kier molecular flexibility index (Phi) is 20.1. The van der Waals surface area contributed by atoms with Crippen LogP contribution in [0.3, 0.4) is 0 Å². The summed E-state index contributed by atoms with van der Waals surface area (Å²) in [5.74, 6) is -1.68. The highest BCUT2D eigenvalue weighted by Gasteiger charge is 2.35. The molecule has 0 radical (unpaired) electrons. The second kappa shape index (κ2) is 23.3. The van der Waals surface area contributed by atoms with Crippen molar-refractivity contribution in [3.8, 4) is 17.6 Å². The maximum Gasteiger partial charge on any atom is 0.326 e. The highest BCUT2D eigenvalue weighted by molar-refractivity contribution is 5.91. The van der Waals surface area contributed by atoms with Crippen LogP contribution in [0.2, 0.25) is 0 Å². The normalized spacial score (nSPS) is 12.8. The van der Waals surface area contributed by atoms with Crippen LogP contribution in [0.4, 0.5) is 0 Å². The topological polar surface area (TPSA) is 167 Å². The average Bonchev–Trinajstić information content (AvgIpc) is 2.99. The lowest BCUT2D eigenvalue weighted by molar-refractivity contribution is -0.152. The molecule has 0 aliphatic heterocycles. The fourth-order valence-electron chi connectivity index (χ4n) is 4.81. The first-order valence-corrected chi connectivity index (χ1v) is 15.9. The van der Waals surface area contributed by atoms with E-state index in [1.807, 2.05) is 0 Å². The Morgan fingerprint density at radius 3 is 2.04 bits per heavy atom. The highest BCUT2D eigenvalue weighted by atomic mass is 16.5. The monoisotopic (exact) mass is 627 g/mol. The van der Waals surface area contributed by atoms with Gasteiger partial charge in [0.25, 0.3) is 0 Å². The summed E-state index contributed by atoms with van der Waals surface area (Å²) in [6, 6.07) is 5.25. The number of carbonyl (C=O) groups excluding carboxylic acids is 2. The van der Waals surface area contributed by atoms with Crippen LogP contribution in [0, 0.1) is 23.7 Å². The Bertz CT molecular complexity index is 1160. The summed E-state index contributed by atoms with van der Waals surface area (Å²) in [6.45, 7) is 4.06. The summed E-state index contributed by atoms with van der Waals surface area (Å²) < 4.78 is 5.45. The quantitative estimate of drug-likeness (QED) is 0.0593. The van der Waals surface area contributed by atoms with Crippen molar-refractivity contribution in [3.63, 3.8) is 0 Å². The van der Waals surface area contributed by atoms with E-state index < -0.39 is 48.1 Å². The maximum absolute atomic E-state index is 13.2. The molecule has 1 aromatic rings. The van der Waals surface area contributed by atoms with Crippen molar-refractivity contribution in [1.29, 1.82) is 0 Å². The van der Waals surface area contributed by atoms with E-state index in [-0.39, 0.29) is 13.0 Å². The van der Waals surface area contributed by atoms with Crippen LogP contribution >= 0.6 is 0 Å². The van der Waals surface area contributed by atoms with Gasteiger partial charge in [0.1, 0.15) is 24.2 Å². The molecule has 1 unspecified atom stereocenters. The van der Waals surface area contributed by atoms with Gasteiger partial charge in [0.05, 0.1) is 18.3 Å². The average molecular weight is 628 g/mol. The number of ketones is 1. The third kappa shape index (κ3) is 17.7. The molecule has 0 fully saturated rings. The van der Waals surface area contributed by atoms with E-state index >= 15 is 0 Å². The summed E-state index contributed by atoms with van der Waals surface area (Å²) in [4.78, 5) is 60.6. The number of rotatable bonds is 25. The van der Waals surface area contributed by atoms with Crippen LogP contribution in [0.1, 0.15) is 103 Å². The van der Waals surface area contributed by atoms with Crippen molar-refractivity contribution in [2.45, 2.75) is 110 Å². The number of amides is 1. The summed E-state index contributed by atoms with van der Waals surface area (Å²) in [7, 11) is 0. The van der Waals surface area contributed by atoms with Gasteiger partial charge in [-0.2, -0.15) is 0 Å². The van der Waals surface area contributed by atoms with Gasteiger partial charge >= 0.3 is 17.9 Å². The molecule has 4 N–H and O–H groups in total. The van der Waals surface area contributed by atoms with Gasteiger partial charge in [-0.1, -0.05) is 75.7 Å². The number of carbonyl (C=O) groups is 5. The zero-order valence-corrected chi connectivity index (χ0v) is 26.6. The largest absolute Gasteiger partial charge is 0.481 e. The zero-order chi connectivity index (χ0) is 33.5. The molecule has 0 saturated heterocycles. The van der Waals surface area contributed by atoms with E-state index in [2.05, 4.69) is 24.1 Å². The standard InChI is InChI=1S/C35H49NO9/c1-3-5-7-10-13-16-27(37)17-14-11-8-9-12-15-18-29(30(34(41)42)25-32(38)39)33(40)36-31(35(43)44)24-26-19-21-28(22-20-26)45-23-6-4-2/h15,18-22,29-31H,3,5,7-14,16-17,23-25H2,1-2H3,(H,36,40)(H,38,39)(H,41,42)(H,43,44)/b18-15+/t29?,30-,31+/m1/s1. The first-order valence-electron chi connectivity index (χ1n) is 15.9. The number of Topliss-reactive ketones (excluding diaryl/α,β-unsaturated/α-hetero) is 1. The van der Waals surface area contributed by atoms with E-state index in [1.165, 1.54) is 25.3 Å². The van der Waals surface area contributed by atoms with Crippen LogP contribution < -0.4 is 10.1 Å². The van der Waals surface area contributed by atoms with Gasteiger partial charge in [-0.25, -0.2) is 4.79 Å². The van der Waals surface area contributed by atoms with E-state index in [4.69, 9.17) is 4.74 Å². The van der Waals surface area contributed by atoms with Gasteiger partial charge in [0.2, 0.25) is 5.91 Å². The predicted octanol–water partition coefficient (Wildman–Crippen LogP) is 5.82. The molecule has 10 heteroatoms. The third-order valence-electron chi connectivity index (χ3n) is 7.39. The Balaban J connectivity index is 2.74. The molecular formula is C35H49NO9. The highest BCUT2D eigenvalue weighted by Crippen LogP contribution is 2.21. The van der Waals surface area contributed by atoms with Gasteiger partial charge in [-0.3, -0.25) is 19.2 Å². The molecule has 0 bridgehead atoms. The minimum absolute atomic E-state index is 0.0788. The van der Waals surface area contributed by atoms with E-state index in [1.54, 1.807) is 37.3 Å². The van der Waals surface area contributed by atoms with E-state index in [0.29, 0.717) is 36.4 Å². The molecule has 45 heavy (non-hydrogen) atoms. The number of hydrogen-bond donors (Lipinski definition) is 4. The fourth-order valence-corrected chi connectivity index (χ4v) is 4.81. The van der Waals surface area contributed by atoms with E-state index in [0.717, 1.165) is 38.5 Å². The number of allylic oxidation sites excluding steroid dienone is 1. The van der Waals surface area contributed by atoms with Crippen molar-refractivity contribution < 1.29 is 44.0 Å². The number of nitrogens with one attached hydrogen (secondary N) is 1. The number of hydrogen-bond acceptors (Lipinski definition) is 6. The molecule has 10 nitrogen and oxygen atoms in total. The molecule has 0 aliphatic rings. The van der Waals surface area contributed by atoms with Gasteiger partial charge in [-0.15, -0.1) is 5.92 Å². The first kappa shape index (κ1) is 38.9. The molecular weight excluding hydrogens is 578 g/mol. The molecule has 0 aliphatic carbocycles. The maximum atomic E-state index is 13.2. The molecule has 1 amide bonds. The summed E-state index contributed by atoms with van der Waals surface area (Å²) in [6.07, 6.45) is 12.7. The van der Waals surface area contributed by atoms with Gasteiger partial charge in [0, 0.05) is 19.3 Å². The molecule has 1 rings (SSSR count). The molecule has 0 heterocycles. The van der Waals surface area contributed by atoms with Gasteiger partial charge in [0.15, 0.2) is 0 Å². The lowest BCUT2D eigenvalue weighted by atomic mass is 9.87. The van der Waals surface area contributed by atoms with E-state index in [9.17, 15) is 39.3 Å². The van der Waals surface area contributed by atoms with Crippen molar-refractivity contribution in [2.24, 2.45) is 11.8 Å². The van der Waals surface area contributed by atoms with Crippen LogP contribution in [-0.2, 0) is 30.4 Å². The third-order valence-corrected chi connectivity index (χ3v) is 7.39. The van der Waals surface area contributed by atoms with Crippen LogP contribution in [0.15, 0.2) is 36.4 Å². The number of carboxylic acid groups (broad SMARTS) is 3. The SMILES string of the molecule is CC#CCOc1ccc(C[C@H](NC(=O)C(/C=C/CCCCCCC(=O)CCCCCCC)[C@@H](CC(=O)O)C(=O)O)C(=O)O)cc1. The van der Waals surface area contributed by atoms with Gasteiger partial charge in [-0.05, 0) is 50.3 Å². The molecule has 0 spiro atoms. The second-order valence-electron chi connectivity index (χ2n) is 11.1. The minimum Gasteiger partial charge on any atom is -0.481 e. The van der Waals surface area contributed by atoms with Crippen molar-refractivity contribution in [1.82, 2.24) is 5.32 Å². The van der Waals surface area contributed by atoms with Crippen molar-refractivity contribution >= 4 is 29.6 Å². The molecule has 248 valence electrons. The zero-order valence-electron chi connectivity index (χ0n) is 26.6. The lowest BCUT2D eigenvalue weighted by Gasteiger charge is -2.22. The molecule has 0 saturated carbocycles. The van der Waals surface area contributed by atoms with Crippen LogP contribution in [0.5, 0.6) is 5.75 Å². The lowest BCUT2D eigenvalue weighted by Crippen LogP contribution is -2.47. The second-order valence-corrected chi connectivity index (χ2v) is 11.1. The predicted molar refractivity (Wildman–Crippen MR) is 171 cm³/mol. The fraction of sp³-hybridized carbons (Fsp3) is 0.571. The Morgan fingerprint density at radius 1 is 0.867 bits per heavy atom. The summed E-state index contributed by atoms with van der Waals surface area (Å²) >= 11 is 0. The Labute approximate surface area is 266 Å². The Morgan fingerprint density at radius 2 is 1.49 bits per heavy atom. The molecule has 1 aromatic carbocycles. The number of benzene rings is 1. The molecule has 0 aromatic heterocycles. The first-order chi connectivity index (χ1) is 21.6.